The molecule has 0 unspecified atom stereocenters. The molecular formula is C39H40O17. The van der Waals surface area contributed by atoms with Crippen molar-refractivity contribution in [3.63, 3.8) is 0 Å². The van der Waals surface area contributed by atoms with Crippen LogP contribution in [0.15, 0.2) is 91.0 Å². The van der Waals surface area contributed by atoms with E-state index in [4.69, 9.17) is 28.4 Å². The first-order valence-corrected chi connectivity index (χ1v) is 17.1. The Kier molecular flexibility index (Phi) is 13.9. The molecule has 0 amide bonds. The normalized spacial score (nSPS) is 27.8. The van der Waals surface area contributed by atoms with Gasteiger partial charge < -0.3 is 69.3 Å². The minimum atomic E-state index is -2.59. The standard InChI is InChI=1S/C39H40O17/c40-19-28-33(47)35(49)36(50)38(53-28)56-39(21-52-31(45)17-8-23-3-12-26(42)13-4-23)37(54-32(46)18-9-24-5-14-27(43)15-6-24)34(48)29(55-39)20-51-30(44)16-7-22-1-10-25(41)11-2-22/h1-18,28-29,33-38,40-43,47-50H,19-21H2/t28-,29-,33-,34-,35+,36-,37+,38-,39+/m1/s1. The van der Waals surface area contributed by atoms with Crippen molar-refractivity contribution in [2.45, 2.75) is 54.8 Å². The van der Waals surface area contributed by atoms with Crippen LogP contribution in [0.4, 0.5) is 0 Å². The van der Waals surface area contributed by atoms with Crippen molar-refractivity contribution < 1.29 is 83.7 Å². The number of hydrogen-bond donors (Lipinski definition) is 8. The van der Waals surface area contributed by atoms with Crippen molar-refractivity contribution in [3.8, 4) is 17.2 Å². The van der Waals surface area contributed by atoms with Gasteiger partial charge in [0.25, 0.3) is 0 Å². The van der Waals surface area contributed by atoms with Gasteiger partial charge in [-0.2, -0.15) is 0 Å². The zero-order valence-electron chi connectivity index (χ0n) is 29.4. The Morgan fingerprint density at radius 1 is 0.607 bits per heavy atom. The smallest absolute Gasteiger partial charge is 0.331 e. The average Bonchev–Trinajstić information content (AvgIpc) is 3.44. The van der Waals surface area contributed by atoms with Crippen molar-refractivity contribution in [2.24, 2.45) is 0 Å². The summed E-state index contributed by atoms with van der Waals surface area (Å²) in [5, 5.41) is 81.6. The molecule has 56 heavy (non-hydrogen) atoms. The zero-order chi connectivity index (χ0) is 40.4. The van der Waals surface area contributed by atoms with E-state index in [9.17, 15) is 55.2 Å². The van der Waals surface area contributed by atoms with Crippen molar-refractivity contribution >= 4 is 36.1 Å². The number of hydrogen-bond acceptors (Lipinski definition) is 17. The molecule has 0 aliphatic carbocycles. The summed E-state index contributed by atoms with van der Waals surface area (Å²) in [7, 11) is 0. The van der Waals surface area contributed by atoms with Crippen molar-refractivity contribution in [1.82, 2.24) is 0 Å². The largest absolute Gasteiger partial charge is 0.508 e. The molecule has 3 aromatic rings. The summed E-state index contributed by atoms with van der Waals surface area (Å²) in [5.74, 6) is -5.63. The van der Waals surface area contributed by atoms with Crippen LogP contribution in [-0.4, -0.2) is 133 Å². The number of benzene rings is 3. The highest BCUT2D eigenvalue weighted by Crippen LogP contribution is 2.39. The van der Waals surface area contributed by atoms with E-state index in [1.807, 2.05) is 0 Å². The van der Waals surface area contributed by atoms with Crippen LogP contribution in [0.2, 0.25) is 0 Å². The van der Waals surface area contributed by atoms with Gasteiger partial charge in [0.05, 0.1) is 6.61 Å². The van der Waals surface area contributed by atoms with Gasteiger partial charge in [-0.3, -0.25) is 0 Å². The highest BCUT2D eigenvalue weighted by Gasteiger charge is 2.62. The molecule has 0 bridgehead atoms. The van der Waals surface area contributed by atoms with Crippen molar-refractivity contribution in [3.05, 3.63) is 108 Å². The lowest BCUT2D eigenvalue weighted by Gasteiger charge is -2.43. The summed E-state index contributed by atoms with van der Waals surface area (Å²) in [5.41, 5.74) is 1.50. The van der Waals surface area contributed by atoms with Crippen LogP contribution < -0.4 is 0 Å². The Bertz CT molecular complexity index is 1870. The molecule has 0 saturated carbocycles. The third-order valence-electron chi connectivity index (χ3n) is 8.60. The molecule has 2 fully saturated rings. The number of rotatable bonds is 14. The number of aliphatic hydroxyl groups excluding tert-OH is 5. The highest BCUT2D eigenvalue weighted by molar-refractivity contribution is 5.88. The number of ether oxygens (including phenoxy) is 6. The van der Waals surface area contributed by atoms with E-state index in [1.165, 1.54) is 91.0 Å². The molecule has 2 heterocycles. The van der Waals surface area contributed by atoms with E-state index >= 15 is 0 Å². The first kappa shape index (κ1) is 41.5. The molecule has 0 spiro atoms. The second-order valence-electron chi connectivity index (χ2n) is 12.6. The number of phenols is 3. The van der Waals surface area contributed by atoms with Gasteiger partial charge in [0.2, 0.25) is 5.79 Å². The van der Waals surface area contributed by atoms with Crippen LogP contribution >= 0.6 is 0 Å². The lowest BCUT2D eigenvalue weighted by molar-refractivity contribution is -0.383. The van der Waals surface area contributed by atoms with E-state index in [1.54, 1.807) is 0 Å². The number of carbonyl (C=O) groups is 3. The summed E-state index contributed by atoms with van der Waals surface area (Å²) in [6, 6.07) is 17.4. The van der Waals surface area contributed by atoms with Gasteiger partial charge in [-0.05, 0) is 71.3 Å². The topological polar surface area (TPSA) is 268 Å². The summed E-state index contributed by atoms with van der Waals surface area (Å²) in [6.07, 6.45) is -7.60. The lowest BCUT2D eigenvalue weighted by atomic mass is 9.99. The molecule has 17 heteroatoms. The van der Waals surface area contributed by atoms with E-state index in [2.05, 4.69) is 0 Å². The van der Waals surface area contributed by atoms with Crippen LogP contribution in [0.1, 0.15) is 16.7 Å². The minimum Gasteiger partial charge on any atom is -0.508 e. The minimum absolute atomic E-state index is 0.0108. The fourth-order valence-electron chi connectivity index (χ4n) is 5.59. The third-order valence-corrected chi connectivity index (χ3v) is 8.60. The SMILES string of the molecule is O=C(C=Cc1ccc(O)cc1)OC[C@H]1O[C@@](COC(=O)C=Cc2ccc(O)cc2)(O[C@H]2O[C@H](CO)[C@@H](O)[C@H](O)[C@H]2O)[C@@H](OC(=O)C=Cc2ccc(O)cc2)[C@@H]1O. The van der Waals surface area contributed by atoms with Crippen molar-refractivity contribution in [1.29, 1.82) is 0 Å². The molecule has 9 atom stereocenters. The van der Waals surface area contributed by atoms with Gasteiger partial charge >= 0.3 is 17.9 Å². The van der Waals surface area contributed by atoms with E-state index in [0.29, 0.717) is 16.7 Å². The summed E-state index contributed by atoms with van der Waals surface area (Å²) < 4.78 is 33.8. The van der Waals surface area contributed by atoms with Gasteiger partial charge in [-0.15, -0.1) is 0 Å². The Balaban J connectivity index is 1.44. The van der Waals surface area contributed by atoms with Gasteiger partial charge in [-0.1, -0.05) is 36.4 Å². The van der Waals surface area contributed by atoms with Crippen LogP contribution in [0.25, 0.3) is 18.2 Å². The Morgan fingerprint density at radius 2 is 1.07 bits per heavy atom. The van der Waals surface area contributed by atoms with Crippen molar-refractivity contribution in [2.75, 3.05) is 19.8 Å². The Labute approximate surface area is 319 Å². The van der Waals surface area contributed by atoms with Gasteiger partial charge in [0.15, 0.2) is 12.4 Å². The maximum Gasteiger partial charge on any atom is 0.331 e. The lowest BCUT2D eigenvalue weighted by Crippen LogP contribution is -2.63. The van der Waals surface area contributed by atoms with Crippen LogP contribution in [0.5, 0.6) is 17.2 Å². The Morgan fingerprint density at radius 3 is 1.55 bits per heavy atom. The molecule has 5 rings (SSSR count). The number of carbonyl (C=O) groups excluding carboxylic acids is 3. The first-order chi connectivity index (χ1) is 26.8. The fraction of sp³-hybridized carbons (Fsp3) is 0.308. The van der Waals surface area contributed by atoms with E-state index in [0.717, 1.165) is 18.2 Å². The molecule has 17 nitrogen and oxygen atoms in total. The third kappa shape index (κ3) is 10.8. The first-order valence-electron chi connectivity index (χ1n) is 17.1. The molecular weight excluding hydrogens is 740 g/mol. The van der Waals surface area contributed by atoms with Crippen LogP contribution in [0.3, 0.4) is 0 Å². The molecule has 3 aromatic carbocycles. The predicted octanol–water partition coefficient (Wildman–Crippen LogP) is 0.514. The summed E-state index contributed by atoms with van der Waals surface area (Å²) in [6.45, 7) is -2.55. The average molecular weight is 781 g/mol. The van der Waals surface area contributed by atoms with Crippen LogP contribution in [-0.2, 0) is 42.8 Å². The van der Waals surface area contributed by atoms with E-state index in [-0.39, 0.29) is 17.2 Å². The maximum atomic E-state index is 13.2. The maximum absolute atomic E-state index is 13.2. The monoisotopic (exact) mass is 780 g/mol. The molecule has 0 radical (unpaired) electrons. The van der Waals surface area contributed by atoms with Crippen LogP contribution in [0, 0.1) is 0 Å². The molecule has 0 aromatic heterocycles. The Hall–Kier alpha value is -5.63. The second-order valence-corrected chi connectivity index (χ2v) is 12.6. The quantitative estimate of drug-likeness (QED) is 0.0629. The number of aromatic hydroxyl groups is 3. The zero-order valence-corrected chi connectivity index (χ0v) is 29.4. The molecule has 2 saturated heterocycles. The fourth-order valence-corrected chi connectivity index (χ4v) is 5.59. The highest BCUT2D eigenvalue weighted by atomic mass is 16.8. The van der Waals surface area contributed by atoms with Gasteiger partial charge in [0, 0.05) is 18.2 Å². The van der Waals surface area contributed by atoms with Gasteiger partial charge in [0.1, 0.15) is 67.1 Å². The number of phenolic OH excluding ortho intramolecular Hbond substituents is 3. The predicted molar refractivity (Wildman–Crippen MR) is 192 cm³/mol. The molecule has 8 N–H and O–H groups in total. The summed E-state index contributed by atoms with van der Waals surface area (Å²) in [4.78, 5) is 38.9. The molecule has 2 aliphatic heterocycles. The number of aliphatic hydroxyl groups is 5. The van der Waals surface area contributed by atoms with E-state index < -0.39 is 92.5 Å². The number of esters is 3. The molecule has 298 valence electrons. The van der Waals surface area contributed by atoms with Gasteiger partial charge in [-0.25, -0.2) is 14.4 Å². The molecule has 2 aliphatic rings. The second kappa shape index (κ2) is 18.8. The summed E-state index contributed by atoms with van der Waals surface area (Å²) >= 11 is 0.